The second-order valence-corrected chi connectivity index (χ2v) is 4.42. The Morgan fingerprint density at radius 2 is 1.82 bits per heavy atom. The van der Waals surface area contributed by atoms with E-state index in [2.05, 4.69) is 6.92 Å². The van der Waals surface area contributed by atoms with Crippen LogP contribution < -0.4 is 0 Å². The minimum absolute atomic E-state index is 0.113. The topological polar surface area (TPSA) is 20.2 Å². The highest BCUT2D eigenvalue weighted by Gasteiger charge is 2.27. The molecule has 1 aliphatic carbocycles. The Balaban J connectivity index is 2.37. The van der Waals surface area contributed by atoms with Crippen LogP contribution in [-0.2, 0) is 0 Å². The fourth-order valence-corrected chi connectivity index (χ4v) is 2.32. The summed E-state index contributed by atoms with van der Waals surface area (Å²) in [4.78, 5) is 0. The van der Waals surface area contributed by atoms with Crippen LogP contribution >= 0.6 is 0 Å². The van der Waals surface area contributed by atoms with Crippen LogP contribution in [0.4, 0.5) is 0 Å². The van der Waals surface area contributed by atoms with Gasteiger partial charge in [0.25, 0.3) is 0 Å². The zero-order chi connectivity index (χ0) is 8.32. The molecule has 0 heterocycles. The van der Waals surface area contributed by atoms with E-state index in [-0.39, 0.29) is 6.10 Å². The summed E-state index contributed by atoms with van der Waals surface area (Å²) in [6.07, 6.45) is 7.64. The van der Waals surface area contributed by atoms with Crippen molar-refractivity contribution in [2.45, 2.75) is 58.5 Å². The molecule has 0 aromatic rings. The summed E-state index contributed by atoms with van der Waals surface area (Å²) in [7, 11) is 0. The summed E-state index contributed by atoms with van der Waals surface area (Å²) in [5.74, 6) is 0. The van der Waals surface area contributed by atoms with E-state index in [0.717, 1.165) is 6.42 Å². The minimum atomic E-state index is -0.113. The van der Waals surface area contributed by atoms with Gasteiger partial charge in [-0.05, 0) is 31.6 Å². The summed E-state index contributed by atoms with van der Waals surface area (Å²) in [6.45, 7) is 4.22. The number of rotatable bonds is 2. The van der Waals surface area contributed by atoms with Crippen LogP contribution in [0.2, 0.25) is 0 Å². The fourth-order valence-electron chi connectivity index (χ4n) is 2.32. The second-order valence-electron chi connectivity index (χ2n) is 4.42. The summed E-state index contributed by atoms with van der Waals surface area (Å²) in [5, 5.41) is 9.27. The van der Waals surface area contributed by atoms with Gasteiger partial charge in [0, 0.05) is 0 Å². The van der Waals surface area contributed by atoms with Crippen LogP contribution in [0.25, 0.3) is 0 Å². The first-order chi connectivity index (χ1) is 5.12. The van der Waals surface area contributed by atoms with Gasteiger partial charge in [-0.3, -0.25) is 0 Å². The van der Waals surface area contributed by atoms with Gasteiger partial charge in [0.15, 0.2) is 0 Å². The SMILES string of the molecule is C[C@H](O)CC1(C)CCCCC1. The Hall–Kier alpha value is -0.0400. The molecule has 1 nitrogen and oxygen atoms in total. The highest BCUT2D eigenvalue weighted by Crippen LogP contribution is 2.39. The lowest BCUT2D eigenvalue weighted by atomic mass is 9.72. The fraction of sp³-hybridized carbons (Fsp3) is 1.00. The molecular weight excluding hydrogens is 136 g/mol. The number of aliphatic hydroxyl groups is 1. The highest BCUT2D eigenvalue weighted by atomic mass is 16.3. The lowest BCUT2D eigenvalue weighted by Gasteiger charge is -2.34. The van der Waals surface area contributed by atoms with E-state index in [1.807, 2.05) is 6.92 Å². The van der Waals surface area contributed by atoms with E-state index in [1.54, 1.807) is 0 Å². The maximum Gasteiger partial charge on any atom is 0.0517 e. The monoisotopic (exact) mass is 156 g/mol. The van der Waals surface area contributed by atoms with Crippen LogP contribution in [0.3, 0.4) is 0 Å². The number of hydrogen-bond acceptors (Lipinski definition) is 1. The Kier molecular flexibility index (Phi) is 2.94. The molecule has 0 spiro atoms. The summed E-state index contributed by atoms with van der Waals surface area (Å²) < 4.78 is 0. The van der Waals surface area contributed by atoms with E-state index < -0.39 is 0 Å². The molecular formula is C10H20O. The van der Waals surface area contributed by atoms with Crippen molar-refractivity contribution in [3.8, 4) is 0 Å². The third-order valence-electron chi connectivity index (χ3n) is 2.85. The predicted octanol–water partition coefficient (Wildman–Crippen LogP) is 2.73. The minimum Gasteiger partial charge on any atom is -0.393 e. The maximum absolute atomic E-state index is 9.27. The van der Waals surface area contributed by atoms with E-state index in [4.69, 9.17) is 0 Å². The smallest absolute Gasteiger partial charge is 0.0517 e. The zero-order valence-corrected chi connectivity index (χ0v) is 7.77. The molecule has 1 heteroatoms. The lowest BCUT2D eigenvalue weighted by Crippen LogP contribution is -2.24. The molecule has 1 atom stereocenters. The molecule has 0 amide bonds. The van der Waals surface area contributed by atoms with Crippen LogP contribution in [0.1, 0.15) is 52.4 Å². The molecule has 1 aliphatic rings. The Morgan fingerprint density at radius 1 is 1.27 bits per heavy atom. The molecule has 1 N–H and O–H groups in total. The van der Waals surface area contributed by atoms with E-state index in [9.17, 15) is 5.11 Å². The summed E-state index contributed by atoms with van der Waals surface area (Å²) in [6, 6.07) is 0. The van der Waals surface area contributed by atoms with Crippen molar-refractivity contribution < 1.29 is 5.11 Å². The number of aliphatic hydroxyl groups excluding tert-OH is 1. The first-order valence-electron chi connectivity index (χ1n) is 4.80. The van der Waals surface area contributed by atoms with E-state index >= 15 is 0 Å². The molecule has 66 valence electrons. The van der Waals surface area contributed by atoms with Crippen molar-refractivity contribution in [1.82, 2.24) is 0 Å². The van der Waals surface area contributed by atoms with Crippen molar-refractivity contribution in [1.29, 1.82) is 0 Å². The molecule has 1 fully saturated rings. The van der Waals surface area contributed by atoms with Crippen LogP contribution in [0.5, 0.6) is 0 Å². The van der Waals surface area contributed by atoms with Crippen molar-refractivity contribution in [2.75, 3.05) is 0 Å². The quantitative estimate of drug-likeness (QED) is 0.651. The lowest BCUT2D eigenvalue weighted by molar-refractivity contribution is 0.0932. The van der Waals surface area contributed by atoms with Crippen LogP contribution in [0.15, 0.2) is 0 Å². The molecule has 0 aliphatic heterocycles. The molecule has 0 saturated heterocycles. The largest absolute Gasteiger partial charge is 0.393 e. The molecule has 0 bridgehead atoms. The summed E-state index contributed by atoms with van der Waals surface area (Å²) in [5.41, 5.74) is 0.451. The Bertz CT molecular complexity index is 112. The molecule has 0 aromatic carbocycles. The molecule has 0 radical (unpaired) electrons. The predicted molar refractivity (Wildman–Crippen MR) is 47.5 cm³/mol. The first kappa shape index (κ1) is 9.05. The third-order valence-corrected chi connectivity index (χ3v) is 2.85. The van der Waals surface area contributed by atoms with Crippen molar-refractivity contribution in [2.24, 2.45) is 5.41 Å². The standard InChI is InChI=1S/C10H20O/c1-9(11)8-10(2)6-4-3-5-7-10/h9,11H,3-8H2,1-2H3/t9-/m0/s1. The average molecular weight is 156 g/mol. The molecule has 1 saturated carbocycles. The van der Waals surface area contributed by atoms with E-state index in [0.29, 0.717) is 5.41 Å². The molecule has 0 aromatic heterocycles. The van der Waals surface area contributed by atoms with Crippen molar-refractivity contribution >= 4 is 0 Å². The van der Waals surface area contributed by atoms with E-state index in [1.165, 1.54) is 32.1 Å². The third kappa shape index (κ3) is 2.82. The average Bonchev–Trinajstić information content (AvgIpc) is 1.85. The van der Waals surface area contributed by atoms with Crippen molar-refractivity contribution in [3.63, 3.8) is 0 Å². The summed E-state index contributed by atoms with van der Waals surface area (Å²) >= 11 is 0. The van der Waals surface area contributed by atoms with Gasteiger partial charge in [-0.1, -0.05) is 26.2 Å². The van der Waals surface area contributed by atoms with Crippen molar-refractivity contribution in [3.05, 3.63) is 0 Å². The van der Waals surface area contributed by atoms with Gasteiger partial charge >= 0.3 is 0 Å². The molecule has 0 unspecified atom stereocenters. The van der Waals surface area contributed by atoms with Gasteiger partial charge in [0.05, 0.1) is 6.10 Å². The van der Waals surface area contributed by atoms with Crippen LogP contribution in [0, 0.1) is 5.41 Å². The highest BCUT2D eigenvalue weighted by molar-refractivity contribution is 4.79. The van der Waals surface area contributed by atoms with Gasteiger partial charge in [0.2, 0.25) is 0 Å². The zero-order valence-electron chi connectivity index (χ0n) is 7.77. The van der Waals surface area contributed by atoms with Crippen LogP contribution in [-0.4, -0.2) is 11.2 Å². The van der Waals surface area contributed by atoms with Gasteiger partial charge in [-0.15, -0.1) is 0 Å². The molecule has 1 rings (SSSR count). The number of hydrogen-bond donors (Lipinski definition) is 1. The maximum atomic E-state index is 9.27. The van der Waals surface area contributed by atoms with Gasteiger partial charge < -0.3 is 5.11 Å². The molecule has 11 heavy (non-hydrogen) atoms. The normalized spacial score (nSPS) is 26.5. The Morgan fingerprint density at radius 3 is 2.27 bits per heavy atom. The Labute approximate surface area is 69.8 Å². The van der Waals surface area contributed by atoms with Gasteiger partial charge in [0.1, 0.15) is 0 Å². The van der Waals surface area contributed by atoms with Gasteiger partial charge in [-0.25, -0.2) is 0 Å². The first-order valence-corrected chi connectivity index (χ1v) is 4.80. The van der Waals surface area contributed by atoms with Gasteiger partial charge in [-0.2, -0.15) is 0 Å². The second kappa shape index (κ2) is 3.57.